The highest BCUT2D eigenvalue weighted by molar-refractivity contribution is 7.89. The summed E-state index contributed by atoms with van der Waals surface area (Å²) in [4.78, 5) is 34.5. The molecule has 1 aromatic heterocycles. The van der Waals surface area contributed by atoms with E-state index >= 15 is 4.39 Å². The van der Waals surface area contributed by atoms with Crippen LogP contribution in [-0.4, -0.2) is 60.7 Å². The predicted molar refractivity (Wildman–Crippen MR) is 138 cm³/mol. The first-order valence-electron chi connectivity index (χ1n) is 11.9. The Morgan fingerprint density at radius 2 is 1.82 bits per heavy atom. The molecule has 3 aromatic rings. The minimum Gasteiger partial charge on any atom is -0.480 e. The Morgan fingerprint density at radius 1 is 1.08 bits per heavy atom. The number of nitrogens with one attached hydrogen (secondary N) is 3. The van der Waals surface area contributed by atoms with E-state index in [9.17, 15) is 23.1 Å². The summed E-state index contributed by atoms with van der Waals surface area (Å²) >= 11 is 0. The van der Waals surface area contributed by atoms with Gasteiger partial charge < -0.3 is 20.6 Å². The fraction of sp³-hybridized carbons (Fsp3) is 0.280. The van der Waals surface area contributed by atoms with Crippen LogP contribution in [0, 0.1) is 5.82 Å². The maximum Gasteiger partial charge on any atom is 0.323 e. The zero-order valence-electron chi connectivity index (χ0n) is 20.2. The van der Waals surface area contributed by atoms with Crippen LogP contribution in [0.15, 0.2) is 71.9 Å². The molecule has 2 aromatic carbocycles. The number of amides is 1. The molecule has 1 aliphatic rings. The highest BCUT2D eigenvalue weighted by Crippen LogP contribution is 2.27. The number of aromatic nitrogens is 2. The van der Waals surface area contributed by atoms with Gasteiger partial charge in [0.2, 0.25) is 16.0 Å². The van der Waals surface area contributed by atoms with Gasteiger partial charge in [-0.2, -0.15) is 4.72 Å². The summed E-state index contributed by atoms with van der Waals surface area (Å²) in [6.07, 6.45) is 5.75. The van der Waals surface area contributed by atoms with E-state index in [1.807, 2.05) is 9.62 Å². The molecule has 2 heterocycles. The van der Waals surface area contributed by atoms with Crippen molar-refractivity contribution in [3.8, 4) is 0 Å². The Kier molecular flexibility index (Phi) is 8.48. The fourth-order valence-corrected chi connectivity index (χ4v) is 5.31. The average Bonchev–Trinajstić information content (AvgIpc) is 2.92. The van der Waals surface area contributed by atoms with Gasteiger partial charge in [0.15, 0.2) is 0 Å². The summed E-state index contributed by atoms with van der Waals surface area (Å²) in [6, 6.07) is 11.4. The van der Waals surface area contributed by atoms with Gasteiger partial charge in [0.1, 0.15) is 18.0 Å². The SMILES string of the molecule is O=C(NC[C@H](NS(=O)(=O)c1ccccc1)C(=O)O)c1ccc(N2CCCCC2Nc2ncccn2)cc1F. The van der Waals surface area contributed by atoms with Crippen molar-refractivity contribution < 1.29 is 27.5 Å². The molecule has 0 bridgehead atoms. The largest absolute Gasteiger partial charge is 0.480 e. The molecular weight excluding hydrogens is 515 g/mol. The second-order valence-electron chi connectivity index (χ2n) is 8.62. The van der Waals surface area contributed by atoms with Crippen LogP contribution in [0.5, 0.6) is 0 Å². The van der Waals surface area contributed by atoms with Gasteiger partial charge in [-0.3, -0.25) is 9.59 Å². The monoisotopic (exact) mass is 542 g/mol. The molecule has 1 unspecified atom stereocenters. The standard InChI is InChI=1S/C25H27FN6O5S/c26-20-15-17(32-14-5-4-9-22(32)30-25-27-12-6-13-28-25)10-11-19(20)23(33)29-16-21(24(34)35)31-38(36,37)18-7-2-1-3-8-18/h1-3,6-8,10-13,15,21-22,31H,4-5,9,14,16H2,(H,29,33)(H,34,35)(H,27,28,30)/t21-,22?/m0/s1. The first-order valence-corrected chi connectivity index (χ1v) is 13.4. The van der Waals surface area contributed by atoms with E-state index in [0.29, 0.717) is 18.2 Å². The maximum absolute atomic E-state index is 15.0. The third-order valence-electron chi connectivity index (χ3n) is 6.01. The number of benzene rings is 2. The van der Waals surface area contributed by atoms with Crippen LogP contribution in [0.2, 0.25) is 0 Å². The number of piperidine rings is 1. The van der Waals surface area contributed by atoms with Gasteiger partial charge in [-0.1, -0.05) is 18.2 Å². The number of aliphatic carboxylic acids is 1. The topological polar surface area (TPSA) is 154 Å². The third-order valence-corrected chi connectivity index (χ3v) is 7.50. The van der Waals surface area contributed by atoms with Gasteiger partial charge in [0, 0.05) is 31.2 Å². The predicted octanol–water partition coefficient (Wildman–Crippen LogP) is 2.21. The molecule has 1 saturated heterocycles. The Hall–Kier alpha value is -4.10. The summed E-state index contributed by atoms with van der Waals surface area (Å²) in [5.74, 6) is -2.70. The van der Waals surface area contributed by atoms with E-state index in [1.165, 1.54) is 36.4 Å². The second-order valence-corrected chi connectivity index (χ2v) is 10.3. The molecule has 1 aliphatic heterocycles. The van der Waals surface area contributed by atoms with E-state index in [4.69, 9.17) is 0 Å². The lowest BCUT2D eigenvalue weighted by Crippen LogP contribution is -2.48. The lowest BCUT2D eigenvalue weighted by molar-refractivity contribution is -0.138. The van der Waals surface area contributed by atoms with E-state index in [0.717, 1.165) is 19.3 Å². The molecule has 13 heteroatoms. The van der Waals surface area contributed by atoms with Crippen molar-refractivity contribution in [1.82, 2.24) is 20.0 Å². The van der Waals surface area contributed by atoms with E-state index in [1.54, 1.807) is 30.6 Å². The minimum absolute atomic E-state index is 0.122. The molecule has 1 amide bonds. The highest BCUT2D eigenvalue weighted by Gasteiger charge is 2.27. The van der Waals surface area contributed by atoms with Crippen LogP contribution in [0.25, 0.3) is 0 Å². The zero-order valence-corrected chi connectivity index (χ0v) is 21.1. The summed E-state index contributed by atoms with van der Waals surface area (Å²) in [6.45, 7) is 0.0773. The molecule has 200 valence electrons. The zero-order chi connectivity index (χ0) is 27.1. The molecule has 2 atom stereocenters. The Bertz CT molecular complexity index is 1380. The highest BCUT2D eigenvalue weighted by atomic mass is 32.2. The number of rotatable bonds is 10. The number of nitrogens with zero attached hydrogens (tertiary/aromatic N) is 3. The number of carbonyl (C=O) groups excluding carboxylic acids is 1. The van der Waals surface area contributed by atoms with Crippen LogP contribution in [0.4, 0.5) is 16.0 Å². The van der Waals surface area contributed by atoms with Gasteiger partial charge in [0.25, 0.3) is 5.91 Å². The molecule has 4 rings (SSSR count). The van der Waals surface area contributed by atoms with Crippen molar-refractivity contribution in [3.05, 3.63) is 78.4 Å². The quantitative estimate of drug-likeness (QED) is 0.302. The van der Waals surface area contributed by atoms with Crippen molar-refractivity contribution in [2.75, 3.05) is 23.3 Å². The molecule has 38 heavy (non-hydrogen) atoms. The first-order chi connectivity index (χ1) is 18.2. The van der Waals surface area contributed by atoms with Crippen molar-refractivity contribution in [2.45, 2.75) is 36.4 Å². The number of hydrogen-bond acceptors (Lipinski definition) is 8. The van der Waals surface area contributed by atoms with E-state index in [2.05, 4.69) is 20.6 Å². The number of anilines is 2. The van der Waals surface area contributed by atoms with Crippen LogP contribution >= 0.6 is 0 Å². The van der Waals surface area contributed by atoms with Crippen molar-refractivity contribution in [1.29, 1.82) is 0 Å². The van der Waals surface area contributed by atoms with Gasteiger partial charge in [-0.25, -0.2) is 22.8 Å². The molecule has 4 N–H and O–H groups in total. The molecule has 0 radical (unpaired) electrons. The van der Waals surface area contributed by atoms with Crippen LogP contribution in [-0.2, 0) is 14.8 Å². The van der Waals surface area contributed by atoms with Gasteiger partial charge >= 0.3 is 5.97 Å². The molecule has 0 saturated carbocycles. The Labute approximate surface area is 219 Å². The molecule has 1 fully saturated rings. The van der Waals surface area contributed by atoms with Crippen LogP contribution < -0.4 is 20.3 Å². The van der Waals surface area contributed by atoms with Crippen LogP contribution in [0.1, 0.15) is 29.6 Å². The number of carbonyl (C=O) groups is 2. The number of hydrogen-bond donors (Lipinski definition) is 4. The van der Waals surface area contributed by atoms with E-state index in [-0.39, 0.29) is 16.6 Å². The smallest absolute Gasteiger partial charge is 0.323 e. The molecular formula is C25H27FN6O5S. The lowest BCUT2D eigenvalue weighted by atomic mass is 10.1. The molecule has 11 nitrogen and oxygen atoms in total. The third kappa shape index (κ3) is 6.61. The summed E-state index contributed by atoms with van der Waals surface area (Å²) in [7, 11) is -4.15. The first kappa shape index (κ1) is 26.9. The Balaban J connectivity index is 1.42. The number of carboxylic acid groups (broad SMARTS) is 1. The average molecular weight is 543 g/mol. The van der Waals surface area contributed by atoms with Gasteiger partial charge in [-0.05, 0) is 55.7 Å². The van der Waals surface area contributed by atoms with Crippen LogP contribution in [0.3, 0.4) is 0 Å². The Morgan fingerprint density at radius 3 is 2.50 bits per heavy atom. The summed E-state index contributed by atoms with van der Waals surface area (Å²) < 4.78 is 42.0. The van der Waals surface area contributed by atoms with Crippen molar-refractivity contribution in [2.24, 2.45) is 0 Å². The van der Waals surface area contributed by atoms with Crippen molar-refractivity contribution in [3.63, 3.8) is 0 Å². The number of halogens is 1. The van der Waals surface area contributed by atoms with Gasteiger partial charge in [-0.15, -0.1) is 0 Å². The lowest BCUT2D eigenvalue weighted by Gasteiger charge is -2.38. The number of sulfonamides is 1. The van der Waals surface area contributed by atoms with Crippen molar-refractivity contribution >= 4 is 33.5 Å². The maximum atomic E-state index is 15.0. The molecule has 0 spiro atoms. The van der Waals surface area contributed by atoms with E-state index < -0.39 is 40.3 Å². The van der Waals surface area contributed by atoms with Gasteiger partial charge in [0.05, 0.1) is 10.5 Å². The molecule has 0 aliphatic carbocycles. The summed E-state index contributed by atoms with van der Waals surface area (Å²) in [5.41, 5.74) is 0.267. The normalized spacial score (nSPS) is 16.4. The fourth-order valence-electron chi connectivity index (χ4n) is 4.10. The second kappa shape index (κ2) is 12.0. The minimum atomic E-state index is -4.15. The summed E-state index contributed by atoms with van der Waals surface area (Å²) in [5, 5.41) is 15.0. The number of carboxylic acids is 1.